The molecule has 25 heavy (non-hydrogen) atoms. The van der Waals surface area contributed by atoms with Crippen LogP contribution in [0.5, 0.6) is 5.75 Å². The molecule has 0 spiro atoms. The molecule has 0 saturated heterocycles. The van der Waals surface area contributed by atoms with E-state index in [0.717, 1.165) is 31.4 Å². The van der Waals surface area contributed by atoms with Gasteiger partial charge in [-0.1, -0.05) is 13.0 Å². The minimum Gasteiger partial charge on any atom is -0.497 e. The van der Waals surface area contributed by atoms with Crippen molar-refractivity contribution in [3.8, 4) is 5.75 Å². The summed E-state index contributed by atoms with van der Waals surface area (Å²) in [5, 5.41) is 0. The van der Waals surface area contributed by atoms with Crippen molar-refractivity contribution < 1.29 is 19.1 Å². The summed E-state index contributed by atoms with van der Waals surface area (Å²) in [4.78, 5) is 24.3. The largest absolute Gasteiger partial charge is 0.497 e. The van der Waals surface area contributed by atoms with Gasteiger partial charge >= 0.3 is 5.97 Å². The van der Waals surface area contributed by atoms with Gasteiger partial charge in [0.25, 0.3) is 0 Å². The minimum atomic E-state index is -0.538. The zero-order valence-corrected chi connectivity index (χ0v) is 15.2. The van der Waals surface area contributed by atoms with Crippen molar-refractivity contribution in [1.29, 1.82) is 0 Å². The van der Waals surface area contributed by atoms with Gasteiger partial charge in [-0.2, -0.15) is 0 Å². The molecule has 1 aromatic carbocycles. The molecule has 1 aromatic rings. The summed E-state index contributed by atoms with van der Waals surface area (Å²) in [7, 11) is 1.71. The molecule has 3 aliphatic rings. The van der Waals surface area contributed by atoms with Gasteiger partial charge < -0.3 is 9.47 Å². The number of ether oxygens (including phenoxy) is 2. The highest BCUT2D eigenvalue weighted by atomic mass is 16.5. The summed E-state index contributed by atoms with van der Waals surface area (Å²) in [6.07, 6.45) is 4.22. The number of hydrogen-bond donors (Lipinski definition) is 0. The number of esters is 1. The highest BCUT2D eigenvalue weighted by Crippen LogP contribution is 2.60. The second kappa shape index (κ2) is 5.86. The van der Waals surface area contributed by atoms with Crippen molar-refractivity contribution in [2.75, 3.05) is 7.11 Å². The Hall–Kier alpha value is -1.84. The topological polar surface area (TPSA) is 52.6 Å². The molecule has 0 aliphatic heterocycles. The Morgan fingerprint density at radius 3 is 2.80 bits per heavy atom. The van der Waals surface area contributed by atoms with Gasteiger partial charge in [-0.05, 0) is 73.1 Å². The van der Waals surface area contributed by atoms with E-state index in [1.165, 1.54) is 18.1 Å². The van der Waals surface area contributed by atoms with Crippen LogP contribution in [0.3, 0.4) is 0 Å². The van der Waals surface area contributed by atoms with Crippen LogP contribution in [0.1, 0.15) is 56.6 Å². The SMILES string of the molecule is COc1ccc2c(c1)CC[C@@H]1[C@@H]2CC[C@]2(C)C(=O)[C@H](OC(C)=O)C[C@@H]12. The first-order valence-corrected chi connectivity index (χ1v) is 9.32. The predicted octanol–water partition coefficient (Wildman–Crippen LogP) is 3.66. The fourth-order valence-electron chi connectivity index (χ4n) is 5.75. The van der Waals surface area contributed by atoms with Crippen LogP contribution in [0.2, 0.25) is 0 Å². The fraction of sp³-hybridized carbons (Fsp3) is 0.619. The van der Waals surface area contributed by atoms with Gasteiger partial charge in [-0.25, -0.2) is 0 Å². The quantitative estimate of drug-likeness (QED) is 0.770. The van der Waals surface area contributed by atoms with E-state index in [0.29, 0.717) is 24.2 Å². The van der Waals surface area contributed by atoms with E-state index in [2.05, 4.69) is 25.1 Å². The van der Waals surface area contributed by atoms with E-state index in [1.54, 1.807) is 7.11 Å². The monoisotopic (exact) mass is 342 g/mol. The maximum Gasteiger partial charge on any atom is 0.303 e. The smallest absolute Gasteiger partial charge is 0.303 e. The molecule has 0 unspecified atom stereocenters. The molecule has 2 fully saturated rings. The third-order valence-corrected chi connectivity index (χ3v) is 6.95. The number of hydrogen-bond acceptors (Lipinski definition) is 4. The first-order chi connectivity index (χ1) is 11.9. The van der Waals surface area contributed by atoms with Crippen LogP contribution in [-0.4, -0.2) is 25.0 Å². The van der Waals surface area contributed by atoms with E-state index < -0.39 is 6.10 Å². The van der Waals surface area contributed by atoms with Crippen molar-refractivity contribution >= 4 is 11.8 Å². The Morgan fingerprint density at radius 2 is 2.08 bits per heavy atom. The normalized spacial score (nSPS) is 36.2. The van der Waals surface area contributed by atoms with Crippen LogP contribution in [0, 0.1) is 17.3 Å². The highest BCUT2D eigenvalue weighted by Gasteiger charge is 2.59. The second-order valence-corrected chi connectivity index (χ2v) is 8.13. The summed E-state index contributed by atoms with van der Waals surface area (Å²) in [6.45, 7) is 3.49. The number of methoxy groups -OCH3 is 1. The van der Waals surface area contributed by atoms with Crippen molar-refractivity contribution in [3.05, 3.63) is 29.3 Å². The van der Waals surface area contributed by atoms with Crippen LogP contribution in [0.4, 0.5) is 0 Å². The predicted molar refractivity (Wildman–Crippen MR) is 93.6 cm³/mol. The fourth-order valence-corrected chi connectivity index (χ4v) is 5.75. The number of ketones is 1. The number of carbonyl (C=O) groups is 2. The maximum absolute atomic E-state index is 12.9. The van der Waals surface area contributed by atoms with Gasteiger partial charge in [-0.15, -0.1) is 0 Å². The number of fused-ring (bicyclic) bond motifs is 5. The third-order valence-electron chi connectivity index (χ3n) is 6.95. The van der Waals surface area contributed by atoms with E-state index in [4.69, 9.17) is 9.47 Å². The number of benzene rings is 1. The van der Waals surface area contributed by atoms with E-state index >= 15 is 0 Å². The molecule has 0 heterocycles. The lowest BCUT2D eigenvalue weighted by atomic mass is 9.55. The van der Waals surface area contributed by atoms with Crippen LogP contribution in [0.15, 0.2) is 18.2 Å². The van der Waals surface area contributed by atoms with Crippen molar-refractivity contribution in [1.82, 2.24) is 0 Å². The summed E-state index contributed by atoms with van der Waals surface area (Å²) < 4.78 is 10.7. The molecule has 3 aliphatic carbocycles. The Morgan fingerprint density at radius 1 is 1.28 bits per heavy atom. The molecular formula is C21H26O4. The van der Waals surface area contributed by atoms with Gasteiger partial charge in [0.2, 0.25) is 0 Å². The van der Waals surface area contributed by atoms with Crippen molar-refractivity contribution in [2.24, 2.45) is 17.3 Å². The minimum absolute atomic E-state index is 0.145. The van der Waals surface area contributed by atoms with Crippen LogP contribution >= 0.6 is 0 Å². The first-order valence-electron chi connectivity index (χ1n) is 9.32. The zero-order valence-electron chi connectivity index (χ0n) is 15.2. The van der Waals surface area contributed by atoms with Crippen LogP contribution < -0.4 is 4.74 Å². The molecular weight excluding hydrogens is 316 g/mol. The molecule has 0 aromatic heterocycles. The third kappa shape index (κ3) is 2.49. The summed E-state index contributed by atoms with van der Waals surface area (Å²) in [5.41, 5.74) is 2.50. The van der Waals surface area contributed by atoms with Crippen LogP contribution in [-0.2, 0) is 20.7 Å². The van der Waals surface area contributed by atoms with Crippen LogP contribution in [0.25, 0.3) is 0 Å². The number of Topliss-reactive ketones (excluding diaryl/α,β-unsaturated/α-hetero) is 1. The maximum atomic E-state index is 12.9. The number of aryl methyl sites for hydroxylation is 1. The van der Waals surface area contributed by atoms with Gasteiger partial charge in [0, 0.05) is 12.3 Å². The average molecular weight is 342 g/mol. The van der Waals surface area contributed by atoms with E-state index in [1.807, 2.05) is 0 Å². The molecule has 5 atom stereocenters. The molecule has 4 heteroatoms. The zero-order chi connectivity index (χ0) is 17.8. The molecule has 2 saturated carbocycles. The summed E-state index contributed by atoms with van der Waals surface area (Å²) in [5.74, 6) is 2.05. The molecule has 0 N–H and O–H groups in total. The second-order valence-electron chi connectivity index (χ2n) is 8.13. The Balaban J connectivity index is 1.64. The average Bonchev–Trinajstić information content (AvgIpc) is 2.85. The van der Waals surface area contributed by atoms with Gasteiger partial charge in [-0.3, -0.25) is 9.59 Å². The Bertz CT molecular complexity index is 725. The lowest BCUT2D eigenvalue weighted by Crippen LogP contribution is -2.43. The van der Waals surface area contributed by atoms with E-state index in [-0.39, 0.29) is 17.2 Å². The first kappa shape index (κ1) is 16.6. The lowest BCUT2D eigenvalue weighted by Gasteiger charge is -2.48. The molecule has 0 bridgehead atoms. The number of rotatable bonds is 2. The number of carbonyl (C=O) groups excluding carboxylic acids is 2. The highest BCUT2D eigenvalue weighted by molar-refractivity contribution is 5.92. The summed E-state index contributed by atoms with van der Waals surface area (Å²) >= 11 is 0. The molecule has 0 amide bonds. The molecule has 4 rings (SSSR count). The van der Waals surface area contributed by atoms with Gasteiger partial charge in [0.15, 0.2) is 11.9 Å². The lowest BCUT2D eigenvalue weighted by molar-refractivity contribution is -0.153. The Kier molecular flexibility index (Phi) is 3.89. The molecule has 134 valence electrons. The van der Waals surface area contributed by atoms with Gasteiger partial charge in [0.1, 0.15) is 5.75 Å². The van der Waals surface area contributed by atoms with E-state index in [9.17, 15) is 9.59 Å². The Labute approximate surface area is 148 Å². The van der Waals surface area contributed by atoms with Crippen molar-refractivity contribution in [2.45, 2.75) is 58.0 Å². The summed E-state index contributed by atoms with van der Waals surface area (Å²) in [6, 6.07) is 6.44. The van der Waals surface area contributed by atoms with Gasteiger partial charge in [0.05, 0.1) is 7.11 Å². The standard InChI is InChI=1S/C21H26O4/c1-12(22)25-19-11-18-17-6-4-13-10-14(24-3)5-7-15(13)16(17)8-9-21(18,2)20(19)23/h5,7,10,16-19H,4,6,8-9,11H2,1-3H3/t16-,17-,18+,19-,21+/m1/s1. The molecule has 4 nitrogen and oxygen atoms in total. The van der Waals surface area contributed by atoms with Crippen molar-refractivity contribution in [3.63, 3.8) is 0 Å². The molecule has 0 radical (unpaired) electrons.